The lowest BCUT2D eigenvalue weighted by Crippen LogP contribution is -2.49. The van der Waals surface area contributed by atoms with Gasteiger partial charge in [0.1, 0.15) is 0 Å². The highest BCUT2D eigenvalue weighted by atomic mass is 16.5. The number of fused-ring (bicyclic) bond motifs is 1. The van der Waals surface area contributed by atoms with Gasteiger partial charge in [-0.2, -0.15) is 5.10 Å². The number of aromatic amines is 1. The maximum absolute atomic E-state index is 12.4. The second kappa shape index (κ2) is 5.76. The third kappa shape index (κ3) is 2.67. The Labute approximate surface area is 127 Å². The van der Waals surface area contributed by atoms with Crippen LogP contribution >= 0.6 is 0 Å². The van der Waals surface area contributed by atoms with Crippen LogP contribution in [-0.4, -0.2) is 52.7 Å². The van der Waals surface area contributed by atoms with Crippen molar-refractivity contribution in [3.8, 4) is 0 Å². The summed E-state index contributed by atoms with van der Waals surface area (Å²) in [5, 5.41) is 10.7. The highest BCUT2D eigenvalue weighted by Crippen LogP contribution is 2.24. The number of aryl methyl sites for hydroxylation is 1. The molecular formula is C15H18N4O3. The van der Waals surface area contributed by atoms with Gasteiger partial charge in [0.05, 0.1) is 30.6 Å². The second-order valence-electron chi connectivity index (χ2n) is 5.40. The Hall–Kier alpha value is -2.41. The minimum Gasteiger partial charge on any atom is -0.365 e. The van der Waals surface area contributed by atoms with Crippen molar-refractivity contribution in [2.75, 3.05) is 25.0 Å². The van der Waals surface area contributed by atoms with Crippen molar-refractivity contribution >= 4 is 28.4 Å². The van der Waals surface area contributed by atoms with E-state index in [4.69, 9.17) is 4.74 Å². The summed E-state index contributed by atoms with van der Waals surface area (Å²) in [4.78, 5) is 25.4. The van der Waals surface area contributed by atoms with Crippen molar-refractivity contribution < 1.29 is 14.3 Å². The zero-order chi connectivity index (χ0) is 15.7. The average Bonchev–Trinajstić information content (AvgIpc) is 3.01. The van der Waals surface area contributed by atoms with E-state index in [9.17, 15) is 9.59 Å². The number of amides is 2. The van der Waals surface area contributed by atoms with E-state index in [1.165, 1.54) is 6.92 Å². The van der Waals surface area contributed by atoms with Crippen LogP contribution in [0, 0.1) is 6.92 Å². The fourth-order valence-corrected chi connectivity index (χ4v) is 2.58. The molecule has 0 saturated carbocycles. The van der Waals surface area contributed by atoms with Gasteiger partial charge in [0, 0.05) is 18.9 Å². The molecule has 1 aromatic carbocycles. The first-order valence-corrected chi connectivity index (χ1v) is 7.17. The minimum atomic E-state index is -0.656. The number of rotatable bonds is 2. The van der Waals surface area contributed by atoms with E-state index in [1.807, 2.05) is 19.1 Å². The topological polar surface area (TPSA) is 87.3 Å². The summed E-state index contributed by atoms with van der Waals surface area (Å²) in [6.45, 7) is 4.64. The highest BCUT2D eigenvalue weighted by molar-refractivity contribution is 6.02. The van der Waals surface area contributed by atoms with E-state index >= 15 is 0 Å². The molecule has 22 heavy (non-hydrogen) atoms. The number of carbonyl (C=O) groups is 2. The van der Waals surface area contributed by atoms with Gasteiger partial charge in [-0.05, 0) is 18.6 Å². The van der Waals surface area contributed by atoms with Gasteiger partial charge < -0.3 is 15.0 Å². The standard InChI is InChI=1S/C15H18N4O3/c1-9-3-4-12(14-11(9)7-16-18-14)17-15(21)13-8-19(10(2)20)5-6-22-13/h3-4,7,13H,5-6,8H2,1-2H3,(H,16,18)(H,17,21). The number of hydrogen-bond acceptors (Lipinski definition) is 4. The molecule has 1 aliphatic rings. The summed E-state index contributed by atoms with van der Waals surface area (Å²) in [6.07, 6.45) is 1.08. The van der Waals surface area contributed by atoms with E-state index in [1.54, 1.807) is 11.1 Å². The highest BCUT2D eigenvalue weighted by Gasteiger charge is 2.28. The Morgan fingerprint density at radius 1 is 1.45 bits per heavy atom. The quantitative estimate of drug-likeness (QED) is 0.868. The average molecular weight is 302 g/mol. The van der Waals surface area contributed by atoms with E-state index in [-0.39, 0.29) is 18.4 Å². The van der Waals surface area contributed by atoms with Gasteiger partial charge >= 0.3 is 0 Å². The van der Waals surface area contributed by atoms with Gasteiger partial charge in [0.25, 0.3) is 5.91 Å². The molecular weight excluding hydrogens is 284 g/mol. The first-order valence-electron chi connectivity index (χ1n) is 7.17. The van der Waals surface area contributed by atoms with Crippen molar-refractivity contribution in [1.82, 2.24) is 15.1 Å². The van der Waals surface area contributed by atoms with Crippen LogP contribution in [0.25, 0.3) is 10.9 Å². The van der Waals surface area contributed by atoms with Crippen LogP contribution in [-0.2, 0) is 14.3 Å². The Morgan fingerprint density at radius 3 is 3.05 bits per heavy atom. The number of morpholine rings is 1. The summed E-state index contributed by atoms with van der Waals surface area (Å²) in [7, 11) is 0. The number of nitrogens with one attached hydrogen (secondary N) is 2. The number of carbonyl (C=O) groups excluding carboxylic acids is 2. The van der Waals surface area contributed by atoms with Gasteiger partial charge in [-0.1, -0.05) is 6.07 Å². The van der Waals surface area contributed by atoms with Crippen LogP contribution in [0.5, 0.6) is 0 Å². The summed E-state index contributed by atoms with van der Waals surface area (Å²) in [5.74, 6) is -0.307. The van der Waals surface area contributed by atoms with Crippen LogP contribution in [0.4, 0.5) is 5.69 Å². The van der Waals surface area contributed by atoms with E-state index in [0.717, 1.165) is 16.5 Å². The van der Waals surface area contributed by atoms with Crippen molar-refractivity contribution in [2.45, 2.75) is 20.0 Å². The Bertz CT molecular complexity index is 725. The van der Waals surface area contributed by atoms with Gasteiger partial charge in [-0.3, -0.25) is 14.7 Å². The maximum atomic E-state index is 12.4. The molecule has 0 aliphatic carbocycles. The van der Waals surface area contributed by atoms with Crippen molar-refractivity contribution in [3.05, 3.63) is 23.9 Å². The molecule has 1 fully saturated rings. The molecule has 2 amide bonds. The molecule has 7 heteroatoms. The fraction of sp³-hybridized carbons (Fsp3) is 0.400. The number of ether oxygens (including phenoxy) is 1. The van der Waals surface area contributed by atoms with Crippen molar-refractivity contribution in [2.24, 2.45) is 0 Å². The molecule has 2 N–H and O–H groups in total. The van der Waals surface area contributed by atoms with Crippen molar-refractivity contribution in [3.63, 3.8) is 0 Å². The number of benzene rings is 1. The maximum Gasteiger partial charge on any atom is 0.255 e. The summed E-state index contributed by atoms with van der Waals surface area (Å²) < 4.78 is 5.48. The predicted octanol–water partition coefficient (Wildman–Crippen LogP) is 1.06. The minimum absolute atomic E-state index is 0.0487. The number of nitrogens with zero attached hydrogens (tertiary/aromatic N) is 2. The first-order chi connectivity index (χ1) is 10.6. The lowest BCUT2D eigenvalue weighted by atomic mass is 10.1. The molecule has 1 aliphatic heterocycles. The van der Waals surface area contributed by atoms with Crippen molar-refractivity contribution in [1.29, 1.82) is 0 Å². The Morgan fingerprint density at radius 2 is 2.27 bits per heavy atom. The lowest BCUT2D eigenvalue weighted by Gasteiger charge is -2.31. The molecule has 0 radical (unpaired) electrons. The number of anilines is 1. The molecule has 2 heterocycles. The molecule has 2 aromatic rings. The largest absolute Gasteiger partial charge is 0.365 e. The summed E-state index contributed by atoms with van der Waals surface area (Å²) >= 11 is 0. The molecule has 0 bridgehead atoms. The number of hydrogen-bond donors (Lipinski definition) is 2. The van der Waals surface area contributed by atoms with Crippen LogP contribution < -0.4 is 5.32 Å². The zero-order valence-corrected chi connectivity index (χ0v) is 12.5. The van der Waals surface area contributed by atoms with Crippen LogP contribution in [0.15, 0.2) is 18.3 Å². The summed E-state index contributed by atoms with van der Waals surface area (Å²) in [6, 6.07) is 3.76. The number of aromatic nitrogens is 2. The van der Waals surface area contributed by atoms with E-state index < -0.39 is 6.10 Å². The normalized spacial score (nSPS) is 18.5. The molecule has 116 valence electrons. The van der Waals surface area contributed by atoms with Gasteiger partial charge in [0.15, 0.2) is 6.10 Å². The second-order valence-corrected chi connectivity index (χ2v) is 5.40. The van der Waals surface area contributed by atoms with Crippen LogP contribution in [0.1, 0.15) is 12.5 Å². The Balaban J connectivity index is 1.77. The molecule has 1 aromatic heterocycles. The number of H-pyrrole nitrogens is 1. The van der Waals surface area contributed by atoms with Crippen LogP contribution in [0.3, 0.4) is 0 Å². The molecule has 1 saturated heterocycles. The van der Waals surface area contributed by atoms with Crippen LogP contribution in [0.2, 0.25) is 0 Å². The molecule has 7 nitrogen and oxygen atoms in total. The first kappa shape index (κ1) is 14.5. The molecule has 0 spiro atoms. The monoisotopic (exact) mass is 302 g/mol. The summed E-state index contributed by atoms with van der Waals surface area (Å²) in [5.41, 5.74) is 2.53. The van der Waals surface area contributed by atoms with Gasteiger partial charge in [-0.25, -0.2) is 0 Å². The fourth-order valence-electron chi connectivity index (χ4n) is 2.58. The SMILES string of the molecule is CC(=O)N1CCOC(C(=O)Nc2ccc(C)c3cn[nH]c23)C1. The third-order valence-electron chi connectivity index (χ3n) is 3.90. The molecule has 1 atom stereocenters. The van der Waals surface area contributed by atoms with Gasteiger partial charge in [0.2, 0.25) is 5.91 Å². The smallest absolute Gasteiger partial charge is 0.255 e. The molecule has 1 unspecified atom stereocenters. The van der Waals surface area contributed by atoms with Gasteiger partial charge in [-0.15, -0.1) is 0 Å². The van der Waals surface area contributed by atoms with E-state index in [2.05, 4.69) is 15.5 Å². The Kier molecular flexibility index (Phi) is 3.81. The lowest BCUT2D eigenvalue weighted by molar-refractivity contribution is -0.143. The third-order valence-corrected chi connectivity index (χ3v) is 3.90. The zero-order valence-electron chi connectivity index (χ0n) is 12.5. The molecule has 3 rings (SSSR count). The van der Waals surface area contributed by atoms with E-state index in [0.29, 0.717) is 18.8 Å². The predicted molar refractivity (Wildman–Crippen MR) is 81.5 cm³/mol.